The summed E-state index contributed by atoms with van der Waals surface area (Å²) in [6.07, 6.45) is 5.71. The molecule has 1 aromatic rings. The van der Waals surface area contributed by atoms with Crippen LogP contribution in [0.15, 0.2) is 17.0 Å². The summed E-state index contributed by atoms with van der Waals surface area (Å²) in [7, 11) is -3.70. The summed E-state index contributed by atoms with van der Waals surface area (Å²) >= 11 is 11.7. The molecule has 3 N–H and O–H groups in total. The molecule has 0 atom stereocenters. The molecule has 0 spiro atoms. The molecule has 20 heavy (non-hydrogen) atoms. The van der Waals surface area contributed by atoms with Crippen LogP contribution in [0, 0.1) is 5.92 Å². The molecule has 1 fully saturated rings. The molecule has 1 aromatic carbocycles. The summed E-state index contributed by atoms with van der Waals surface area (Å²) in [5, 5.41) is 0.362. The van der Waals surface area contributed by atoms with Crippen LogP contribution in [0.3, 0.4) is 0 Å². The number of nitrogen functional groups attached to an aromatic ring is 1. The van der Waals surface area contributed by atoms with Gasteiger partial charge in [-0.3, -0.25) is 0 Å². The number of anilines is 1. The lowest BCUT2D eigenvalue weighted by molar-refractivity contribution is 0.496. The molecule has 0 saturated heterocycles. The van der Waals surface area contributed by atoms with Crippen LogP contribution in [0.4, 0.5) is 5.69 Å². The smallest absolute Gasteiger partial charge is 0.244 e. The van der Waals surface area contributed by atoms with Gasteiger partial charge < -0.3 is 5.73 Å². The van der Waals surface area contributed by atoms with Gasteiger partial charge in [0, 0.05) is 11.6 Å². The van der Waals surface area contributed by atoms with Crippen LogP contribution < -0.4 is 10.5 Å². The highest BCUT2D eigenvalue weighted by Gasteiger charge is 2.22. The van der Waals surface area contributed by atoms with E-state index < -0.39 is 10.0 Å². The number of hydrogen-bond acceptors (Lipinski definition) is 3. The van der Waals surface area contributed by atoms with Crippen molar-refractivity contribution in [2.45, 2.75) is 37.0 Å². The Morgan fingerprint density at radius 2 is 1.90 bits per heavy atom. The molecule has 0 heterocycles. The quantitative estimate of drug-likeness (QED) is 0.809. The average Bonchev–Trinajstić information content (AvgIpc) is 2.79. The van der Waals surface area contributed by atoms with E-state index in [1.54, 1.807) is 0 Å². The molecule has 1 aliphatic rings. The zero-order valence-electron chi connectivity index (χ0n) is 11.0. The first-order valence-corrected chi connectivity index (χ1v) is 8.88. The molecule has 0 radical (unpaired) electrons. The van der Waals surface area contributed by atoms with Crippen molar-refractivity contribution in [3.8, 4) is 0 Å². The van der Waals surface area contributed by atoms with Gasteiger partial charge in [-0.1, -0.05) is 48.9 Å². The van der Waals surface area contributed by atoms with E-state index in [-0.39, 0.29) is 15.6 Å². The summed E-state index contributed by atoms with van der Waals surface area (Å²) in [6.45, 7) is 0.408. The van der Waals surface area contributed by atoms with Gasteiger partial charge in [-0.15, -0.1) is 0 Å². The van der Waals surface area contributed by atoms with Crippen molar-refractivity contribution in [1.29, 1.82) is 0 Å². The molecule has 1 saturated carbocycles. The zero-order valence-corrected chi connectivity index (χ0v) is 13.4. The molecule has 0 unspecified atom stereocenters. The Morgan fingerprint density at radius 1 is 1.25 bits per heavy atom. The first-order valence-electron chi connectivity index (χ1n) is 6.64. The molecular weight excluding hydrogens is 319 g/mol. The van der Waals surface area contributed by atoms with Crippen LogP contribution in [0.2, 0.25) is 10.0 Å². The molecular formula is C13H18Cl2N2O2S. The van der Waals surface area contributed by atoms with Crippen LogP contribution in [0.1, 0.15) is 32.1 Å². The average molecular weight is 337 g/mol. The van der Waals surface area contributed by atoms with Crippen LogP contribution in [0.25, 0.3) is 0 Å². The van der Waals surface area contributed by atoms with Gasteiger partial charge in [-0.25, -0.2) is 13.1 Å². The highest BCUT2D eigenvalue weighted by atomic mass is 35.5. The minimum atomic E-state index is -3.70. The summed E-state index contributed by atoms with van der Waals surface area (Å²) in [5.74, 6) is 0.621. The van der Waals surface area contributed by atoms with E-state index in [4.69, 9.17) is 28.9 Å². The second-order valence-electron chi connectivity index (χ2n) is 5.14. The Labute approximate surface area is 129 Å². The lowest BCUT2D eigenvalue weighted by Gasteiger charge is -2.13. The summed E-state index contributed by atoms with van der Waals surface area (Å²) < 4.78 is 27.0. The van der Waals surface area contributed by atoms with Crippen molar-refractivity contribution >= 4 is 38.9 Å². The minimum absolute atomic E-state index is 0.0448. The largest absolute Gasteiger partial charge is 0.398 e. The molecule has 7 heteroatoms. The third kappa shape index (κ3) is 3.79. The van der Waals surface area contributed by atoms with Crippen molar-refractivity contribution < 1.29 is 8.42 Å². The number of sulfonamides is 1. The van der Waals surface area contributed by atoms with Gasteiger partial charge in [0.2, 0.25) is 10.0 Å². The molecule has 4 nitrogen and oxygen atoms in total. The van der Waals surface area contributed by atoms with E-state index in [1.807, 2.05) is 0 Å². The molecule has 0 aliphatic heterocycles. The van der Waals surface area contributed by atoms with Gasteiger partial charge in [0.25, 0.3) is 0 Å². The maximum Gasteiger partial charge on any atom is 0.244 e. The fourth-order valence-electron chi connectivity index (χ4n) is 2.63. The van der Waals surface area contributed by atoms with Crippen molar-refractivity contribution in [1.82, 2.24) is 4.72 Å². The van der Waals surface area contributed by atoms with E-state index in [0.29, 0.717) is 17.5 Å². The van der Waals surface area contributed by atoms with Crippen molar-refractivity contribution in [3.63, 3.8) is 0 Å². The first kappa shape index (κ1) is 15.9. The number of hydrogen-bond donors (Lipinski definition) is 2. The fraction of sp³-hybridized carbons (Fsp3) is 0.538. The van der Waals surface area contributed by atoms with Crippen molar-refractivity contribution in [2.24, 2.45) is 5.92 Å². The van der Waals surface area contributed by atoms with E-state index in [1.165, 1.54) is 37.8 Å². The van der Waals surface area contributed by atoms with Gasteiger partial charge in [0.15, 0.2) is 0 Å². The topological polar surface area (TPSA) is 72.2 Å². The Bertz CT molecular complexity index is 561. The zero-order chi connectivity index (χ0) is 14.8. The maximum atomic E-state index is 12.2. The third-order valence-electron chi connectivity index (χ3n) is 3.63. The van der Waals surface area contributed by atoms with Crippen LogP contribution in [0.5, 0.6) is 0 Å². The molecule has 0 amide bonds. The Hall–Kier alpha value is -0.490. The highest BCUT2D eigenvalue weighted by molar-refractivity contribution is 7.89. The number of nitrogens with one attached hydrogen (secondary N) is 1. The lowest BCUT2D eigenvalue weighted by Crippen LogP contribution is -2.27. The first-order chi connectivity index (χ1) is 9.40. The number of benzene rings is 1. The van der Waals surface area contributed by atoms with E-state index in [2.05, 4.69) is 4.72 Å². The van der Waals surface area contributed by atoms with Crippen LogP contribution >= 0.6 is 23.2 Å². The third-order valence-corrected chi connectivity index (χ3v) is 5.83. The molecule has 112 valence electrons. The number of halogens is 2. The van der Waals surface area contributed by atoms with Gasteiger partial charge in [-0.2, -0.15) is 0 Å². The minimum Gasteiger partial charge on any atom is -0.398 e. The van der Waals surface area contributed by atoms with Gasteiger partial charge in [-0.05, 0) is 24.5 Å². The summed E-state index contributed by atoms with van der Waals surface area (Å²) in [4.78, 5) is -0.0880. The second kappa shape index (κ2) is 6.52. The predicted octanol–water partition coefficient (Wildman–Crippen LogP) is 3.43. The summed E-state index contributed by atoms with van der Waals surface area (Å²) in [5.41, 5.74) is 5.78. The van der Waals surface area contributed by atoms with Crippen molar-refractivity contribution in [2.75, 3.05) is 12.3 Å². The SMILES string of the molecule is Nc1cc(Cl)cc(Cl)c1S(=O)(=O)NCCC1CCCC1. The Kier molecular flexibility index (Phi) is 5.18. The van der Waals surface area contributed by atoms with E-state index in [0.717, 1.165) is 6.42 Å². The fourth-order valence-corrected chi connectivity index (χ4v) is 4.66. The van der Waals surface area contributed by atoms with Crippen LogP contribution in [-0.2, 0) is 10.0 Å². The molecule has 2 rings (SSSR count). The maximum absolute atomic E-state index is 12.2. The Morgan fingerprint density at radius 3 is 2.50 bits per heavy atom. The van der Waals surface area contributed by atoms with Crippen LogP contribution in [-0.4, -0.2) is 15.0 Å². The van der Waals surface area contributed by atoms with Gasteiger partial charge in [0.1, 0.15) is 4.90 Å². The molecule has 0 bridgehead atoms. The predicted molar refractivity (Wildman–Crippen MR) is 82.6 cm³/mol. The highest BCUT2D eigenvalue weighted by Crippen LogP contribution is 2.31. The normalized spacial score (nSPS) is 16.7. The van der Waals surface area contributed by atoms with Gasteiger partial charge in [0.05, 0.1) is 10.7 Å². The van der Waals surface area contributed by atoms with E-state index >= 15 is 0 Å². The van der Waals surface area contributed by atoms with E-state index in [9.17, 15) is 8.42 Å². The molecule has 1 aliphatic carbocycles. The Balaban J connectivity index is 2.06. The second-order valence-corrected chi connectivity index (χ2v) is 7.69. The standard InChI is InChI=1S/C13H18Cl2N2O2S/c14-10-7-11(15)13(12(16)8-10)20(18,19)17-6-5-9-3-1-2-4-9/h7-9,17H,1-6,16H2. The van der Waals surface area contributed by atoms with Crippen molar-refractivity contribution in [3.05, 3.63) is 22.2 Å². The number of nitrogens with two attached hydrogens (primary N) is 1. The molecule has 0 aromatic heterocycles. The summed E-state index contributed by atoms with van der Waals surface area (Å²) in [6, 6.07) is 2.77. The lowest BCUT2D eigenvalue weighted by atomic mass is 10.1. The monoisotopic (exact) mass is 336 g/mol. The number of rotatable bonds is 5. The van der Waals surface area contributed by atoms with Gasteiger partial charge >= 0.3 is 0 Å².